The Bertz CT molecular complexity index is 800. The van der Waals surface area contributed by atoms with Crippen molar-refractivity contribution in [3.63, 3.8) is 0 Å². The van der Waals surface area contributed by atoms with E-state index in [9.17, 15) is 9.18 Å². The van der Waals surface area contributed by atoms with Gasteiger partial charge in [-0.1, -0.05) is 18.2 Å². The molecule has 3 rings (SSSR count). The summed E-state index contributed by atoms with van der Waals surface area (Å²) in [5.41, 5.74) is 0.454. The van der Waals surface area contributed by atoms with Gasteiger partial charge in [-0.3, -0.25) is 4.79 Å². The quantitative estimate of drug-likeness (QED) is 0.812. The zero-order valence-corrected chi connectivity index (χ0v) is 14.4. The van der Waals surface area contributed by atoms with Crippen LogP contribution in [0.5, 0.6) is 0 Å². The molecule has 24 heavy (non-hydrogen) atoms. The van der Waals surface area contributed by atoms with Gasteiger partial charge in [0.2, 0.25) is 0 Å². The highest BCUT2D eigenvalue weighted by Crippen LogP contribution is 2.36. The minimum atomic E-state index is -0.533. The number of pyridine rings is 1. The van der Waals surface area contributed by atoms with E-state index in [-0.39, 0.29) is 11.4 Å². The van der Waals surface area contributed by atoms with Crippen molar-refractivity contribution in [3.05, 3.63) is 64.3 Å². The fourth-order valence-electron chi connectivity index (χ4n) is 2.62. The van der Waals surface area contributed by atoms with Crippen LogP contribution in [-0.2, 0) is 15.9 Å². The van der Waals surface area contributed by atoms with E-state index >= 15 is 0 Å². The standard InChI is InChI=1S/C18H21BFNO3/c1-17(2)18(3,4)24-19(23-17)14-8-9-16(22)21(12-14)11-13-6-5-7-15(20)10-13/h5-10,12H,11H2,1-4H3. The number of benzene rings is 1. The van der Waals surface area contributed by atoms with Gasteiger partial charge in [0.1, 0.15) is 5.82 Å². The van der Waals surface area contributed by atoms with Gasteiger partial charge in [0, 0.05) is 12.3 Å². The van der Waals surface area contributed by atoms with Crippen molar-refractivity contribution in [2.24, 2.45) is 0 Å². The lowest BCUT2D eigenvalue weighted by Crippen LogP contribution is -2.41. The fraction of sp³-hybridized carbons (Fsp3) is 0.389. The van der Waals surface area contributed by atoms with Crippen LogP contribution in [0, 0.1) is 5.82 Å². The molecule has 126 valence electrons. The highest BCUT2D eigenvalue weighted by molar-refractivity contribution is 6.62. The Kier molecular flexibility index (Phi) is 4.14. The zero-order valence-electron chi connectivity index (χ0n) is 14.4. The molecule has 1 aromatic heterocycles. The maximum atomic E-state index is 13.3. The van der Waals surface area contributed by atoms with Crippen LogP contribution in [0.1, 0.15) is 33.3 Å². The van der Waals surface area contributed by atoms with Gasteiger partial charge in [0.15, 0.2) is 0 Å². The minimum Gasteiger partial charge on any atom is -0.399 e. The molecule has 0 spiro atoms. The third-order valence-corrected chi connectivity index (χ3v) is 4.77. The van der Waals surface area contributed by atoms with E-state index < -0.39 is 18.3 Å². The maximum Gasteiger partial charge on any atom is 0.496 e. The van der Waals surface area contributed by atoms with Crippen molar-refractivity contribution in [3.8, 4) is 0 Å². The summed E-state index contributed by atoms with van der Waals surface area (Å²) in [6, 6.07) is 9.43. The van der Waals surface area contributed by atoms with Gasteiger partial charge in [-0.15, -0.1) is 0 Å². The topological polar surface area (TPSA) is 40.5 Å². The first-order valence-corrected chi connectivity index (χ1v) is 7.98. The van der Waals surface area contributed by atoms with E-state index in [2.05, 4.69) is 0 Å². The minimum absolute atomic E-state index is 0.153. The maximum absolute atomic E-state index is 13.3. The molecule has 2 heterocycles. The zero-order chi connectivity index (χ0) is 17.5. The summed E-state index contributed by atoms with van der Waals surface area (Å²) in [4.78, 5) is 12.1. The molecule has 4 nitrogen and oxygen atoms in total. The van der Waals surface area contributed by atoms with Crippen LogP contribution in [-0.4, -0.2) is 22.9 Å². The molecule has 1 aromatic carbocycles. The Morgan fingerprint density at radius 2 is 1.75 bits per heavy atom. The second-order valence-electron chi connectivity index (χ2n) is 7.15. The van der Waals surface area contributed by atoms with Crippen LogP contribution in [0.15, 0.2) is 47.4 Å². The Balaban J connectivity index is 1.89. The van der Waals surface area contributed by atoms with Gasteiger partial charge in [0.05, 0.1) is 17.7 Å². The summed E-state index contributed by atoms with van der Waals surface area (Å²) < 4.78 is 26.9. The average Bonchev–Trinajstić information content (AvgIpc) is 2.70. The SMILES string of the molecule is CC1(C)OB(c2ccc(=O)n(Cc3cccc(F)c3)c2)OC1(C)C. The van der Waals surface area contributed by atoms with Crippen molar-refractivity contribution >= 4 is 12.6 Å². The van der Waals surface area contributed by atoms with Crippen molar-refractivity contribution < 1.29 is 13.7 Å². The molecule has 6 heteroatoms. The van der Waals surface area contributed by atoms with Gasteiger partial charge in [-0.25, -0.2) is 4.39 Å². The van der Waals surface area contributed by atoms with E-state index in [0.717, 1.165) is 11.0 Å². The molecule has 1 aliphatic rings. The molecular weight excluding hydrogens is 308 g/mol. The highest BCUT2D eigenvalue weighted by Gasteiger charge is 2.51. The first-order chi connectivity index (χ1) is 11.2. The van der Waals surface area contributed by atoms with E-state index in [0.29, 0.717) is 6.54 Å². The summed E-state index contributed by atoms with van der Waals surface area (Å²) in [6.07, 6.45) is 1.72. The van der Waals surface area contributed by atoms with Gasteiger partial charge in [0.25, 0.3) is 5.56 Å². The van der Waals surface area contributed by atoms with Gasteiger partial charge in [-0.2, -0.15) is 0 Å². The molecule has 2 aromatic rings. The molecule has 0 radical (unpaired) electrons. The lowest BCUT2D eigenvalue weighted by molar-refractivity contribution is 0.00578. The van der Waals surface area contributed by atoms with E-state index in [1.54, 1.807) is 24.4 Å². The molecule has 1 fully saturated rings. The molecule has 0 atom stereocenters. The predicted octanol–water partition coefficient (Wildman–Crippen LogP) is 2.33. The van der Waals surface area contributed by atoms with Gasteiger partial charge < -0.3 is 13.9 Å². The second kappa shape index (κ2) is 5.86. The van der Waals surface area contributed by atoms with Crippen LogP contribution in [0.4, 0.5) is 4.39 Å². The Morgan fingerprint density at radius 1 is 1.08 bits per heavy atom. The average molecular weight is 329 g/mol. The molecule has 0 bridgehead atoms. The van der Waals surface area contributed by atoms with E-state index in [4.69, 9.17) is 9.31 Å². The molecule has 0 amide bonds. The lowest BCUT2D eigenvalue weighted by Gasteiger charge is -2.32. The van der Waals surface area contributed by atoms with Crippen LogP contribution in [0.2, 0.25) is 0 Å². The molecule has 0 unspecified atom stereocenters. The monoisotopic (exact) mass is 329 g/mol. The number of hydrogen-bond acceptors (Lipinski definition) is 3. The van der Waals surface area contributed by atoms with Crippen molar-refractivity contribution in [1.82, 2.24) is 4.57 Å². The van der Waals surface area contributed by atoms with Crippen LogP contribution >= 0.6 is 0 Å². The number of nitrogens with zero attached hydrogens (tertiary/aromatic N) is 1. The van der Waals surface area contributed by atoms with Crippen molar-refractivity contribution in [2.45, 2.75) is 45.4 Å². The van der Waals surface area contributed by atoms with Crippen molar-refractivity contribution in [1.29, 1.82) is 0 Å². The number of hydrogen-bond donors (Lipinski definition) is 0. The largest absolute Gasteiger partial charge is 0.496 e. The Hall–Kier alpha value is -1.92. The number of aromatic nitrogens is 1. The van der Waals surface area contributed by atoms with Gasteiger partial charge in [-0.05, 0) is 50.9 Å². The summed E-state index contributed by atoms with van der Waals surface area (Å²) in [5, 5.41) is 0. The molecule has 0 aliphatic carbocycles. The molecule has 1 saturated heterocycles. The Labute approximate surface area is 141 Å². The fourth-order valence-corrected chi connectivity index (χ4v) is 2.62. The Morgan fingerprint density at radius 3 is 2.38 bits per heavy atom. The van der Waals surface area contributed by atoms with E-state index in [1.165, 1.54) is 22.8 Å². The van der Waals surface area contributed by atoms with Crippen LogP contribution in [0.3, 0.4) is 0 Å². The normalized spacial score (nSPS) is 18.8. The van der Waals surface area contributed by atoms with Crippen LogP contribution in [0.25, 0.3) is 0 Å². The summed E-state index contributed by atoms with van der Waals surface area (Å²) >= 11 is 0. The smallest absolute Gasteiger partial charge is 0.399 e. The van der Waals surface area contributed by atoms with Crippen LogP contribution < -0.4 is 11.0 Å². The summed E-state index contributed by atoms with van der Waals surface area (Å²) in [5.74, 6) is -0.317. The third-order valence-electron chi connectivity index (χ3n) is 4.77. The lowest BCUT2D eigenvalue weighted by atomic mass is 9.80. The third kappa shape index (κ3) is 3.16. The second-order valence-corrected chi connectivity index (χ2v) is 7.15. The summed E-state index contributed by atoms with van der Waals surface area (Å²) in [7, 11) is -0.533. The van der Waals surface area contributed by atoms with Gasteiger partial charge >= 0.3 is 7.12 Å². The first-order valence-electron chi connectivity index (χ1n) is 7.98. The highest BCUT2D eigenvalue weighted by atomic mass is 19.1. The summed E-state index contributed by atoms with van der Waals surface area (Å²) in [6.45, 7) is 8.22. The molecule has 1 aliphatic heterocycles. The molecule has 0 N–H and O–H groups in total. The molecular formula is C18H21BFNO3. The van der Waals surface area contributed by atoms with Crippen molar-refractivity contribution in [2.75, 3.05) is 0 Å². The predicted molar refractivity (Wildman–Crippen MR) is 91.9 cm³/mol. The number of halogens is 1. The number of rotatable bonds is 3. The van der Waals surface area contributed by atoms with E-state index in [1.807, 2.05) is 27.7 Å². The molecule has 0 saturated carbocycles. The first kappa shape index (κ1) is 16.9.